The fourth-order valence-corrected chi connectivity index (χ4v) is 4.08. The van der Waals surface area contributed by atoms with Crippen LogP contribution in [0, 0.1) is 10.1 Å². The van der Waals surface area contributed by atoms with Gasteiger partial charge in [0.25, 0.3) is 5.69 Å². The molecule has 2 aromatic rings. The lowest BCUT2D eigenvalue weighted by Gasteiger charge is -2.30. The second kappa shape index (κ2) is 6.70. The molecule has 1 N–H and O–H groups in total. The average Bonchev–Trinajstić information content (AvgIpc) is 2.54. The number of nitro groups is 1. The lowest BCUT2D eigenvalue weighted by atomic mass is 9.78. The molecule has 0 fully saturated rings. The third kappa shape index (κ3) is 3.63. The highest BCUT2D eigenvalue weighted by Crippen LogP contribution is 2.34. The summed E-state index contributed by atoms with van der Waals surface area (Å²) in [6.45, 7) is 0.371. The van der Waals surface area contributed by atoms with Crippen molar-refractivity contribution in [1.29, 1.82) is 0 Å². The molecule has 24 heavy (non-hydrogen) atoms. The van der Waals surface area contributed by atoms with E-state index in [-0.39, 0.29) is 23.8 Å². The first-order chi connectivity index (χ1) is 11.5. The summed E-state index contributed by atoms with van der Waals surface area (Å²) in [7, 11) is -3.47. The van der Waals surface area contributed by atoms with Gasteiger partial charge in [-0.15, -0.1) is 0 Å². The maximum absolute atomic E-state index is 12.2. The van der Waals surface area contributed by atoms with E-state index in [2.05, 4.69) is 10.8 Å². The van der Waals surface area contributed by atoms with Gasteiger partial charge in [0.1, 0.15) is 0 Å². The highest BCUT2D eigenvalue weighted by Gasteiger charge is 2.26. The molecule has 1 unspecified atom stereocenters. The number of benzene rings is 2. The second-order valence-corrected chi connectivity index (χ2v) is 7.83. The molecule has 126 valence electrons. The van der Waals surface area contributed by atoms with Crippen molar-refractivity contribution in [2.45, 2.75) is 18.8 Å². The van der Waals surface area contributed by atoms with E-state index in [0.29, 0.717) is 12.1 Å². The zero-order valence-electron chi connectivity index (χ0n) is 13.0. The van der Waals surface area contributed by atoms with Crippen molar-refractivity contribution in [2.75, 3.05) is 12.3 Å². The molecule has 0 aliphatic heterocycles. The van der Waals surface area contributed by atoms with Gasteiger partial charge in [-0.25, -0.2) is 13.1 Å². The Morgan fingerprint density at radius 1 is 1.12 bits per heavy atom. The molecule has 0 amide bonds. The summed E-state index contributed by atoms with van der Waals surface area (Å²) in [5.41, 5.74) is 2.85. The summed E-state index contributed by atoms with van der Waals surface area (Å²) >= 11 is 0. The number of hydrogen-bond acceptors (Lipinski definition) is 4. The normalized spacial score (nSPS) is 16.2. The lowest BCUT2D eigenvalue weighted by Crippen LogP contribution is -2.34. The highest BCUT2D eigenvalue weighted by molar-refractivity contribution is 7.89. The standard InChI is InChI=1S/C17H18N2O4S/c20-19(21)17-8-4-2-5-13(17)9-10-24(22,23)18-12-15-11-14-6-1-3-7-16(14)15/h1-8,15,18H,9-12H2. The molecule has 3 rings (SSSR count). The van der Waals surface area contributed by atoms with Crippen LogP contribution in [0.3, 0.4) is 0 Å². The molecular formula is C17H18N2O4S. The Labute approximate surface area is 140 Å². The van der Waals surface area contributed by atoms with Crippen LogP contribution in [0.5, 0.6) is 0 Å². The minimum Gasteiger partial charge on any atom is -0.258 e. The number of hydrogen-bond donors (Lipinski definition) is 1. The molecule has 0 aromatic heterocycles. The van der Waals surface area contributed by atoms with Gasteiger partial charge in [-0.2, -0.15) is 0 Å². The van der Waals surface area contributed by atoms with Crippen molar-refractivity contribution in [2.24, 2.45) is 0 Å². The molecule has 7 heteroatoms. The van der Waals surface area contributed by atoms with Crippen molar-refractivity contribution >= 4 is 15.7 Å². The maximum atomic E-state index is 12.2. The van der Waals surface area contributed by atoms with Gasteiger partial charge in [-0.05, 0) is 24.0 Å². The third-order valence-corrected chi connectivity index (χ3v) is 5.69. The maximum Gasteiger partial charge on any atom is 0.272 e. The van der Waals surface area contributed by atoms with E-state index >= 15 is 0 Å². The van der Waals surface area contributed by atoms with Crippen LogP contribution in [-0.2, 0) is 22.9 Å². The number of fused-ring (bicyclic) bond motifs is 1. The first-order valence-corrected chi connectivity index (χ1v) is 9.39. The minimum atomic E-state index is -3.47. The van der Waals surface area contributed by atoms with Gasteiger partial charge in [0.05, 0.1) is 10.7 Å². The molecule has 1 atom stereocenters. The predicted octanol–water partition coefficient (Wildman–Crippen LogP) is 2.40. The van der Waals surface area contributed by atoms with Gasteiger partial charge in [0.15, 0.2) is 0 Å². The fourth-order valence-electron chi connectivity index (χ4n) is 2.99. The van der Waals surface area contributed by atoms with Gasteiger partial charge in [-0.3, -0.25) is 10.1 Å². The Morgan fingerprint density at radius 2 is 1.83 bits per heavy atom. The van der Waals surface area contributed by atoms with Crippen LogP contribution in [0.15, 0.2) is 48.5 Å². The van der Waals surface area contributed by atoms with Crippen molar-refractivity contribution in [3.63, 3.8) is 0 Å². The average molecular weight is 346 g/mol. The Hall–Kier alpha value is -2.25. The summed E-state index contributed by atoms with van der Waals surface area (Å²) in [6, 6.07) is 14.2. The molecule has 0 saturated heterocycles. The van der Waals surface area contributed by atoms with Crippen LogP contribution < -0.4 is 4.72 Å². The summed E-state index contributed by atoms with van der Waals surface area (Å²) in [4.78, 5) is 10.5. The molecule has 2 aromatic carbocycles. The smallest absolute Gasteiger partial charge is 0.258 e. The summed E-state index contributed by atoms with van der Waals surface area (Å²) in [5, 5.41) is 11.0. The fraction of sp³-hybridized carbons (Fsp3) is 0.294. The summed E-state index contributed by atoms with van der Waals surface area (Å²) < 4.78 is 26.9. The number of nitro benzene ring substituents is 1. The Balaban J connectivity index is 1.57. The topological polar surface area (TPSA) is 89.3 Å². The molecule has 6 nitrogen and oxygen atoms in total. The van der Waals surface area contributed by atoms with Crippen LogP contribution in [-0.4, -0.2) is 25.6 Å². The monoisotopic (exact) mass is 346 g/mol. The van der Waals surface area contributed by atoms with Gasteiger partial charge in [-0.1, -0.05) is 42.5 Å². The van der Waals surface area contributed by atoms with Gasteiger partial charge < -0.3 is 0 Å². The molecule has 1 aliphatic rings. The largest absolute Gasteiger partial charge is 0.272 e. The Kier molecular flexibility index (Phi) is 4.64. The highest BCUT2D eigenvalue weighted by atomic mass is 32.2. The van der Waals surface area contributed by atoms with Crippen LogP contribution in [0.25, 0.3) is 0 Å². The van der Waals surface area contributed by atoms with E-state index in [0.717, 1.165) is 6.42 Å². The molecule has 0 bridgehead atoms. The van der Waals surface area contributed by atoms with E-state index in [4.69, 9.17) is 0 Å². The van der Waals surface area contributed by atoms with Gasteiger partial charge in [0.2, 0.25) is 10.0 Å². The zero-order chi connectivity index (χ0) is 17.2. The Bertz CT molecular complexity index is 864. The lowest BCUT2D eigenvalue weighted by molar-refractivity contribution is -0.385. The number of rotatable bonds is 7. The van der Waals surface area contributed by atoms with Crippen molar-refractivity contribution in [3.8, 4) is 0 Å². The minimum absolute atomic E-state index is 0.0411. The van der Waals surface area contributed by atoms with Gasteiger partial charge >= 0.3 is 0 Å². The van der Waals surface area contributed by atoms with E-state index in [9.17, 15) is 18.5 Å². The van der Waals surface area contributed by atoms with Crippen LogP contribution in [0.1, 0.15) is 22.6 Å². The van der Waals surface area contributed by atoms with E-state index in [1.165, 1.54) is 17.2 Å². The summed E-state index contributed by atoms with van der Waals surface area (Å²) in [5.74, 6) is 0.0497. The predicted molar refractivity (Wildman–Crippen MR) is 91.5 cm³/mol. The van der Waals surface area contributed by atoms with Crippen molar-refractivity contribution in [3.05, 3.63) is 75.3 Å². The summed E-state index contributed by atoms with van der Waals surface area (Å²) in [6.07, 6.45) is 0.997. The first kappa shape index (κ1) is 16.6. The first-order valence-electron chi connectivity index (χ1n) is 7.74. The van der Waals surface area contributed by atoms with Crippen LogP contribution in [0.2, 0.25) is 0 Å². The van der Waals surface area contributed by atoms with E-state index in [1.807, 2.05) is 18.2 Å². The number of sulfonamides is 1. The van der Waals surface area contributed by atoms with E-state index in [1.54, 1.807) is 18.2 Å². The molecule has 0 radical (unpaired) electrons. The van der Waals surface area contributed by atoms with Crippen LogP contribution in [0.4, 0.5) is 5.69 Å². The molecular weight excluding hydrogens is 328 g/mol. The van der Waals surface area contributed by atoms with Crippen LogP contribution >= 0.6 is 0 Å². The molecule has 0 heterocycles. The zero-order valence-corrected chi connectivity index (χ0v) is 13.8. The Morgan fingerprint density at radius 3 is 2.58 bits per heavy atom. The number of para-hydroxylation sites is 1. The van der Waals surface area contributed by atoms with Crippen molar-refractivity contribution < 1.29 is 13.3 Å². The SMILES string of the molecule is O=[N+]([O-])c1ccccc1CCS(=O)(=O)NCC1Cc2ccccc21. The van der Waals surface area contributed by atoms with Gasteiger partial charge in [0, 0.05) is 24.1 Å². The molecule has 1 aliphatic carbocycles. The van der Waals surface area contributed by atoms with Crippen molar-refractivity contribution in [1.82, 2.24) is 4.72 Å². The number of nitrogens with one attached hydrogen (secondary N) is 1. The number of aryl methyl sites for hydroxylation is 1. The second-order valence-electron chi connectivity index (χ2n) is 5.90. The quantitative estimate of drug-likeness (QED) is 0.616. The molecule has 0 saturated carbocycles. The number of nitrogens with zero attached hydrogens (tertiary/aromatic N) is 1. The molecule has 0 spiro atoms. The third-order valence-electron chi connectivity index (χ3n) is 4.34. The van der Waals surface area contributed by atoms with E-state index < -0.39 is 14.9 Å².